The number of benzene rings is 2. The lowest BCUT2D eigenvalue weighted by molar-refractivity contribution is 0.0979. The quantitative estimate of drug-likeness (QED) is 0.312. The van der Waals surface area contributed by atoms with Crippen LogP contribution in [-0.2, 0) is 6.42 Å². The molecule has 0 aliphatic rings. The number of aryl methyl sites for hydroxylation is 1. The second kappa shape index (κ2) is 8.96. The normalized spacial score (nSPS) is 12.2. The van der Waals surface area contributed by atoms with Crippen LogP contribution < -0.4 is 5.32 Å². The number of Topliss-reactive ketones (excluding diaryl/α,β-unsaturated/α-hetero) is 1. The molecule has 33 heavy (non-hydrogen) atoms. The topological polar surface area (TPSA) is 96.5 Å². The Hall–Kier alpha value is -3.84. The van der Waals surface area contributed by atoms with Crippen LogP contribution in [0.4, 0.5) is 5.82 Å². The van der Waals surface area contributed by atoms with Crippen molar-refractivity contribution in [3.63, 3.8) is 0 Å². The van der Waals surface area contributed by atoms with E-state index in [1.165, 1.54) is 6.33 Å². The molecule has 1 atom stereocenters. The molecule has 8 heteroatoms. The van der Waals surface area contributed by atoms with Gasteiger partial charge in [0.1, 0.15) is 17.5 Å². The largest absolute Gasteiger partial charge is 0.360 e. The van der Waals surface area contributed by atoms with Gasteiger partial charge in [-0.25, -0.2) is 19.9 Å². The molecule has 5 aromatic rings. The zero-order valence-corrected chi connectivity index (χ0v) is 18.7. The van der Waals surface area contributed by atoms with E-state index in [4.69, 9.17) is 16.6 Å². The van der Waals surface area contributed by atoms with Gasteiger partial charge >= 0.3 is 0 Å². The highest BCUT2D eigenvalue weighted by atomic mass is 35.5. The SMILES string of the molecule is C[C@H](Nc1ncnc2nc[nH]c12)c1cc2cccc(Cl)c2c(C(=O)CCc2ccccc2)n1. The Morgan fingerprint density at radius 1 is 1.09 bits per heavy atom. The lowest BCUT2D eigenvalue weighted by atomic mass is 10.00. The number of nitrogens with one attached hydrogen (secondary N) is 2. The molecule has 0 aliphatic carbocycles. The molecule has 164 valence electrons. The minimum atomic E-state index is -0.226. The summed E-state index contributed by atoms with van der Waals surface area (Å²) in [6, 6.07) is 17.3. The number of carbonyl (C=O) groups excluding carboxylic acids is 1. The zero-order chi connectivity index (χ0) is 22.8. The second-order valence-electron chi connectivity index (χ2n) is 7.83. The first-order valence-electron chi connectivity index (χ1n) is 10.7. The maximum atomic E-state index is 13.3. The molecule has 2 N–H and O–H groups in total. The summed E-state index contributed by atoms with van der Waals surface area (Å²) < 4.78 is 0. The van der Waals surface area contributed by atoms with E-state index < -0.39 is 0 Å². The highest BCUT2D eigenvalue weighted by Gasteiger charge is 2.19. The van der Waals surface area contributed by atoms with Crippen molar-refractivity contribution in [3.8, 4) is 0 Å². The smallest absolute Gasteiger partial charge is 0.182 e. The average molecular weight is 457 g/mol. The summed E-state index contributed by atoms with van der Waals surface area (Å²) in [6.45, 7) is 1.97. The lowest BCUT2D eigenvalue weighted by Crippen LogP contribution is -2.14. The van der Waals surface area contributed by atoms with Crippen molar-refractivity contribution in [2.24, 2.45) is 0 Å². The Bertz CT molecular complexity index is 1450. The number of carbonyl (C=O) groups is 1. The lowest BCUT2D eigenvalue weighted by Gasteiger charge is -2.17. The van der Waals surface area contributed by atoms with E-state index in [9.17, 15) is 4.79 Å². The third-order valence-electron chi connectivity index (χ3n) is 5.59. The van der Waals surface area contributed by atoms with Gasteiger partial charge in [0, 0.05) is 11.8 Å². The van der Waals surface area contributed by atoms with Crippen LogP contribution in [0.25, 0.3) is 21.9 Å². The summed E-state index contributed by atoms with van der Waals surface area (Å²) in [6.07, 6.45) is 4.03. The third kappa shape index (κ3) is 4.27. The van der Waals surface area contributed by atoms with Crippen molar-refractivity contribution in [2.75, 3.05) is 5.32 Å². The van der Waals surface area contributed by atoms with Gasteiger partial charge in [-0.1, -0.05) is 54.1 Å². The number of hydrogen-bond donors (Lipinski definition) is 2. The van der Waals surface area contributed by atoms with Crippen molar-refractivity contribution in [2.45, 2.75) is 25.8 Å². The van der Waals surface area contributed by atoms with Crippen LogP contribution in [0.5, 0.6) is 0 Å². The fourth-order valence-corrected chi connectivity index (χ4v) is 4.16. The van der Waals surface area contributed by atoms with E-state index >= 15 is 0 Å². The van der Waals surface area contributed by atoms with Crippen LogP contribution in [-0.4, -0.2) is 30.7 Å². The number of ketones is 1. The van der Waals surface area contributed by atoms with Crippen LogP contribution >= 0.6 is 11.6 Å². The molecule has 0 amide bonds. The van der Waals surface area contributed by atoms with Gasteiger partial charge in [0.15, 0.2) is 17.2 Å². The van der Waals surface area contributed by atoms with E-state index in [1.54, 1.807) is 12.4 Å². The molecular formula is C25H21ClN6O. The molecule has 0 saturated carbocycles. The Morgan fingerprint density at radius 2 is 1.94 bits per heavy atom. The maximum absolute atomic E-state index is 13.3. The number of aromatic nitrogens is 5. The van der Waals surface area contributed by atoms with Crippen LogP contribution in [0.15, 0.2) is 67.3 Å². The summed E-state index contributed by atoms with van der Waals surface area (Å²) in [5, 5.41) is 5.44. The van der Waals surface area contributed by atoms with Gasteiger partial charge in [-0.2, -0.15) is 0 Å². The molecule has 0 fully saturated rings. The number of pyridine rings is 1. The van der Waals surface area contributed by atoms with Crippen LogP contribution in [0.2, 0.25) is 5.02 Å². The fourth-order valence-electron chi connectivity index (χ4n) is 3.89. The fraction of sp³-hybridized carbons (Fsp3) is 0.160. The molecular weight excluding hydrogens is 436 g/mol. The molecule has 3 heterocycles. The number of anilines is 1. The van der Waals surface area contributed by atoms with Crippen molar-refractivity contribution in [1.29, 1.82) is 0 Å². The summed E-state index contributed by atoms with van der Waals surface area (Å²) in [7, 11) is 0. The number of aromatic amines is 1. The number of halogens is 1. The molecule has 2 aromatic carbocycles. The molecule has 0 aliphatic heterocycles. The van der Waals surface area contributed by atoms with E-state index in [0.717, 1.165) is 16.6 Å². The highest BCUT2D eigenvalue weighted by molar-refractivity contribution is 6.36. The first-order chi connectivity index (χ1) is 16.1. The Morgan fingerprint density at radius 3 is 2.79 bits per heavy atom. The number of fused-ring (bicyclic) bond motifs is 2. The zero-order valence-electron chi connectivity index (χ0n) is 17.9. The van der Waals surface area contributed by atoms with Crippen LogP contribution in [0, 0.1) is 0 Å². The summed E-state index contributed by atoms with van der Waals surface area (Å²) in [5.74, 6) is 0.582. The van der Waals surface area contributed by atoms with Gasteiger partial charge in [-0.15, -0.1) is 0 Å². The molecule has 0 spiro atoms. The molecule has 0 saturated heterocycles. The predicted molar refractivity (Wildman–Crippen MR) is 130 cm³/mol. The van der Waals surface area contributed by atoms with Gasteiger partial charge in [0.2, 0.25) is 0 Å². The maximum Gasteiger partial charge on any atom is 0.182 e. The van der Waals surface area contributed by atoms with Crippen molar-refractivity contribution in [3.05, 3.63) is 89.2 Å². The molecule has 5 rings (SSSR count). The minimum Gasteiger partial charge on any atom is -0.360 e. The number of rotatable bonds is 7. The Labute approximate surface area is 195 Å². The van der Waals surface area contributed by atoms with Gasteiger partial charge in [-0.3, -0.25) is 4.79 Å². The second-order valence-corrected chi connectivity index (χ2v) is 8.24. The Kier molecular flexibility index (Phi) is 5.71. The predicted octanol–water partition coefficient (Wildman–Crippen LogP) is 5.54. The summed E-state index contributed by atoms with van der Waals surface area (Å²) in [4.78, 5) is 33.8. The summed E-state index contributed by atoms with van der Waals surface area (Å²) in [5.41, 5.74) is 3.52. The number of hydrogen-bond acceptors (Lipinski definition) is 6. The number of H-pyrrole nitrogens is 1. The highest BCUT2D eigenvalue weighted by Crippen LogP contribution is 2.30. The van der Waals surface area contributed by atoms with Gasteiger partial charge in [0.25, 0.3) is 0 Å². The molecule has 3 aromatic heterocycles. The summed E-state index contributed by atoms with van der Waals surface area (Å²) >= 11 is 6.50. The van der Waals surface area contributed by atoms with E-state index in [1.807, 2.05) is 55.5 Å². The van der Waals surface area contributed by atoms with Crippen molar-refractivity contribution < 1.29 is 4.79 Å². The molecule has 0 unspecified atom stereocenters. The minimum absolute atomic E-state index is 0.0380. The number of imidazole rings is 1. The monoisotopic (exact) mass is 456 g/mol. The van der Waals surface area contributed by atoms with Crippen LogP contribution in [0.1, 0.15) is 41.1 Å². The number of nitrogens with zero attached hydrogens (tertiary/aromatic N) is 4. The first kappa shape index (κ1) is 21.0. The average Bonchev–Trinajstić information content (AvgIpc) is 3.33. The van der Waals surface area contributed by atoms with E-state index in [2.05, 4.69) is 25.3 Å². The van der Waals surface area contributed by atoms with E-state index in [-0.39, 0.29) is 11.8 Å². The van der Waals surface area contributed by atoms with E-state index in [0.29, 0.717) is 45.9 Å². The van der Waals surface area contributed by atoms with Crippen molar-refractivity contribution >= 4 is 45.1 Å². The van der Waals surface area contributed by atoms with Crippen molar-refractivity contribution in [1.82, 2.24) is 24.9 Å². The van der Waals surface area contributed by atoms with Gasteiger partial charge in [0.05, 0.1) is 23.1 Å². The first-order valence-corrected chi connectivity index (χ1v) is 11.0. The van der Waals surface area contributed by atoms with Gasteiger partial charge in [-0.05, 0) is 36.4 Å². The molecule has 0 radical (unpaired) electrons. The van der Waals surface area contributed by atoms with Gasteiger partial charge < -0.3 is 10.3 Å². The Balaban J connectivity index is 1.49. The third-order valence-corrected chi connectivity index (χ3v) is 5.91. The standard InChI is InChI=1S/C25H21ClN6O/c1-15(31-25-23-24(28-13-27-23)29-14-30-25)19-12-17-8-5-9-18(26)21(17)22(32-19)20(33)11-10-16-6-3-2-4-7-16/h2-9,12-15H,10-11H2,1H3,(H2,27,28,29,30,31)/t15-/m0/s1. The molecule has 0 bridgehead atoms. The van der Waals surface area contributed by atoms with Crippen LogP contribution in [0.3, 0.4) is 0 Å². The molecule has 7 nitrogen and oxygen atoms in total.